The van der Waals surface area contributed by atoms with Gasteiger partial charge in [0.05, 0.1) is 17.0 Å². The molecule has 0 amide bonds. The molecule has 0 aliphatic carbocycles. The van der Waals surface area contributed by atoms with Gasteiger partial charge >= 0.3 is 0 Å². The second-order valence-electron chi connectivity index (χ2n) is 6.12. The molecule has 0 bridgehead atoms. The molecule has 0 aromatic heterocycles. The first-order valence-electron chi connectivity index (χ1n) is 6.89. The van der Waals surface area contributed by atoms with Gasteiger partial charge in [-0.3, -0.25) is 4.99 Å². The molecule has 1 aromatic carbocycles. The van der Waals surface area contributed by atoms with E-state index in [1.54, 1.807) is 20.8 Å². The van der Waals surface area contributed by atoms with E-state index in [4.69, 9.17) is 5.73 Å². The number of sulfone groups is 1. The lowest BCUT2D eigenvalue weighted by molar-refractivity contribution is 0.560. The predicted octanol–water partition coefficient (Wildman–Crippen LogP) is 2.24. The number of rotatable bonds is 4. The fraction of sp³-hybridized carbons (Fsp3) is 0.533. The Hall–Kier alpha value is -1.56. The van der Waals surface area contributed by atoms with E-state index in [1.165, 1.54) is 5.56 Å². The molecule has 0 aliphatic heterocycles. The van der Waals surface area contributed by atoms with E-state index >= 15 is 0 Å². The number of anilines is 1. The number of benzene rings is 1. The van der Waals surface area contributed by atoms with Crippen LogP contribution < -0.4 is 11.1 Å². The quantitative estimate of drug-likeness (QED) is 0.660. The van der Waals surface area contributed by atoms with Crippen molar-refractivity contribution in [1.82, 2.24) is 0 Å². The topological polar surface area (TPSA) is 84.5 Å². The number of nitrogens with zero attached hydrogens (tertiary/aromatic N) is 1. The zero-order chi connectivity index (χ0) is 16.3. The summed E-state index contributed by atoms with van der Waals surface area (Å²) < 4.78 is 23.1. The summed E-state index contributed by atoms with van der Waals surface area (Å²) >= 11 is 0. The number of hydrogen-bond donors (Lipinski definition) is 2. The Morgan fingerprint density at radius 1 is 1.24 bits per heavy atom. The molecule has 21 heavy (non-hydrogen) atoms. The first kappa shape index (κ1) is 17.5. The Morgan fingerprint density at radius 2 is 1.86 bits per heavy atom. The number of guanidine groups is 1. The minimum absolute atomic E-state index is 0.00813. The molecule has 0 aliphatic rings. The van der Waals surface area contributed by atoms with E-state index < -0.39 is 14.6 Å². The summed E-state index contributed by atoms with van der Waals surface area (Å²) in [6.07, 6.45) is 0. The van der Waals surface area contributed by atoms with Gasteiger partial charge in [0.25, 0.3) is 0 Å². The summed E-state index contributed by atoms with van der Waals surface area (Å²) in [4.78, 5) is 4.07. The van der Waals surface area contributed by atoms with Gasteiger partial charge in [-0.2, -0.15) is 0 Å². The van der Waals surface area contributed by atoms with Gasteiger partial charge in [0.2, 0.25) is 0 Å². The third-order valence-electron chi connectivity index (χ3n) is 3.35. The van der Waals surface area contributed by atoms with Gasteiger partial charge in [-0.05, 0) is 57.9 Å². The van der Waals surface area contributed by atoms with Crippen molar-refractivity contribution >= 4 is 21.5 Å². The molecule has 118 valence electrons. The Kier molecular flexibility index (Phi) is 5.39. The van der Waals surface area contributed by atoms with Crippen LogP contribution >= 0.6 is 0 Å². The van der Waals surface area contributed by atoms with Crippen molar-refractivity contribution in [3.05, 3.63) is 29.3 Å². The van der Waals surface area contributed by atoms with Crippen LogP contribution in [0.1, 0.15) is 31.9 Å². The highest BCUT2D eigenvalue weighted by Gasteiger charge is 2.28. The smallest absolute Gasteiger partial charge is 0.193 e. The van der Waals surface area contributed by atoms with Crippen molar-refractivity contribution in [1.29, 1.82) is 0 Å². The van der Waals surface area contributed by atoms with Gasteiger partial charge in [-0.15, -0.1) is 0 Å². The van der Waals surface area contributed by atoms with Crippen LogP contribution in [0.4, 0.5) is 5.69 Å². The van der Waals surface area contributed by atoms with Gasteiger partial charge in [-0.1, -0.05) is 6.07 Å². The average molecular weight is 311 g/mol. The fourth-order valence-electron chi connectivity index (χ4n) is 1.60. The largest absolute Gasteiger partial charge is 0.370 e. The lowest BCUT2D eigenvalue weighted by Gasteiger charge is -2.18. The molecule has 0 heterocycles. The second-order valence-corrected chi connectivity index (χ2v) is 8.98. The maximum Gasteiger partial charge on any atom is 0.193 e. The van der Waals surface area contributed by atoms with Crippen molar-refractivity contribution < 1.29 is 8.42 Å². The van der Waals surface area contributed by atoms with E-state index in [0.29, 0.717) is 0 Å². The minimum Gasteiger partial charge on any atom is -0.370 e. The molecule has 6 heteroatoms. The zero-order valence-electron chi connectivity index (χ0n) is 13.4. The zero-order valence-corrected chi connectivity index (χ0v) is 14.2. The number of nitrogens with two attached hydrogens (primary N) is 1. The third kappa shape index (κ3) is 5.04. The van der Waals surface area contributed by atoms with E-state index in [2.05, 4.69) is 10.3 Å². The molecule has 0 unspecified atom stereocenters. The van der Waals surface area contributed by atoms with Gasteiger partial charge in [0.1, 0.15) is 0 Å². The van der Waals surface area contributed by atoms with Crippen LogP contribution in [0.2, 0.25) is 0 Å². The summed E-state index contributed by atoms with van der Waals surface area (Å²) in [6.45, 7) is 9.26. The minimum atomic E-state index is -3.17. The van der Waals surface area contributed by atoms with Gasteiger partial charge in [0.15, 0.2) is 15.8 Å². The summed E-state index contributed by atoms with van der Waals surface area (Å²) in [5.41, 5.74) is 8.98. The molecule has 0 saturated heterocycles. The van der Waals surface area contributed by atoms with Crippen LogP contribution in [0.3, 0.4) is 0 Å². The summed E-state index contributed by atoms with van der Waals surface area (Å²) in [7, 11) is -3.17. The van der Waals surface area contributed by atoms with Crippen molar-refractivity contribution in [2.45, 2.75) is 39.4 Å². The summed E-state index contributed by atoms with van der Waals surface area (Å²) in [6, 6.07) is 5.88. The molecule has 3 N–H and O–H groups in total. The predicted molar refractivity (Wildman–Crippen MR) is 89.6 cm³/mol. The number of hydrogen-bond acceptors (Lipinski definition) is 3. The number of aryl methyl sites for hydroxylation is 2. The fourth-order valence-corrected chi connectivity index (χ4v) is 2.54. The first-order valence-corrected chi connectivity index (χ1v) is 8.54. The molecule has 1 aromatic rings. The van der Waals surface area contributed by atoms with Crippen LogP contribution in [-0.4, -0.2) is 31.4 Å². The van der Waals surface area contributed by atoms with Crippen LogP contribution in [0, 0.1) is 13.8 Å². The highest BCUT2D eigenvalue weighted by molar-refractivity contribution is 7.92. The standard InChI is InChI=1S/C15H25N3O2S/c1-11-6-7-13(10-12(11)2)18-14(16)17-8-9-21(19,20)15(3,4)5/h6-7,10H,8-9H2,1-5H3,(H3,16,17,18). The molecule has 5 nitrogen and oxygen atoms in total. The van der Waals surface area contributed by atoms with Crippen LogP contribution in [0.15, 0.2) is 23.2 Å². The van der Waals surface area contributed by atoms with Crippen LogP contribution in [0.5, 0.6) is 0 Å². The summed E-state index contributed by atoms with van der Waals surface area (Å²) in [5.74, 6) is 0.216. The molecule has 1 rings (SSSR count). The van der Waals surface area contributed by atoms with Crippen molar-refractivity contribution in [3.63, 3.8) is 0 Å². The Labute approximate surface area is 127 Å². The molecule has 0 spiro atoms. The Bertz CT molecular complexity index is 629. The van der Waals surface area contributed by atoms with Crippen molar-refractivity contribution in [2.24, 2.45) is 10.7 Å². The molecule has 0 fully saturated rings. The van der Waals surface area contributed by atoms with Crippen molar-refractivity contribution in [2.75, 3.05) is 17.6 Å². The van der Waals surface area contributed by atoms with E-state index in [-0.39, 0.29) is 18.3 Å². The highest BCUT2D eigenvalue weighted by Crippen LogP contribution is 2.16. The van der Waals surface area contributed by atoms with Gasteiger partial charge in [0, 0.05) is 5.69 Å². The molecule has 0 radical (unpaired) electrons. The first-order chi connectivity index (χ1) is 9.53. The average Bonchev–Trinajstić information content (AvgIpc) is 2.32. The highest BCUT2D eigenvalue weighted by atomic mass is 32.2. The lowest BCUT2D eigenvalue weighted by Crippen LogP contribution is -2.32. The summed E-state index contributed by atoms with van der Waals surface area (Å²) in [5, 5.41) is 2.97. The van der Waals surface area contributed by atoms with Crippen molar-refractivity contribution in [3.8, 4) is 0 Å². The second kappa shape index (κ2) is 6.47. The molecular weight excluding hydrogens is 286 g/mol. The van der Waals surface area contributed by atoms with Gasteiger partial charge < -0.3 is 11.1 Å². The maximum atomic E-state index is 11.9. The monoisotopic (exact) mass is 311 g/mol. The Morgan fingerprint density at radius 3 is 2.38 bits per heavy atom. The lowest BCUT2D eigenvalue weighted by atomic mass is 10.1. The SMILES string of the molecule is Cc1ccc(NC(N)=NCCS(=O)(=O)C(C)(C)C)cc1C. The van der Waals surface area contributed by atoms with Gasteiger partial charge in [-0.25, -0.2) is 8.42 Å². The van der Waals surface area contributed by atoms with E-state index in [0.717, 1.165) is 11.3 Å². The molecule has 0 atom stereocenters. The number of nitrogens with one attached hydrogen (secondary N) is 1. The molecule has 0 saturated carbocycles. The van der Waals surface area contributed by atoms with E-state index in [9.17, 15) is 8.42 Å². The normalized spacial score (nSPS) is 13.3. The van der Waals surface area contributed by atoms with E-state index in [1.807, 2.05) is 32.0 Å². The number of aliphatic imine (C=N–C) groups is 1. The van der Waals surface area contributed by atoms with Crippen LogP contribution in [0.25, 0.3) is 0 Å². The van der Waals surface area contributed by atoms with Crippen LogP contribution in [-0.2, 0) is 9.84 Å². The maximum absolute atomic E-state index is 11.9. The molecular formula is C15H25N3O2S. The third-order valence-corrected chi connectivity index (χ3v) is 5.94. The Balaban J connectivity index is 2.64.